The zero-order valence-electron chi connectivity index (χ0n) is 5.02. The third-order valence-electron chi connectivity index (χ3n) is 1.10. The van der Waals surface area contributed by atoms with Crippen molar-refractivity contribution >= 4 is 23.2 Å². The summed E-state index contributed by atoms with van der Waals surface area (Å²) in [7, 11) is 0. The molecular formula is C7H5Cl2F. The summed E-state index contributed by atoms with van der Waals surface area (Å²) in [5, 5.41) is 0.501. The smallest absolute Gasteiger partial charge is 0.198 e. The molecule has 0 nitrogen and oxygen atoms in total. The summed E-state index contributed by atoms with van der Waals surface area (Å²) in [5.41, 5.74) is -1.06. The highest BCUT2D eigenvalue weighted by atomic mass is 35.5. The van der Waals surface area contributed by atoms with Crippen LogP contribution in [0, 0.1) is 0 Å². The normalized spacial score (nSPS) is 13.1. The molecular weight excluding hydrogens is 174 g/mol. The van der Waals surface area contributed by atoms with E-state index in [0.29, 0.717) is 10.6 Å². The van der Waals surface area contributed by atoms with E-state index in [1.165, 1.54) is 6.07 Å². The summed E-state index contributed by atoms with van der Waals surface area (Å²) in [6.45, 7) is 0. The second kappa shape index (κ2) is 3.22. The molecule has 1 aromatic carbocycles. The van der Waals surface area contributed by atoms with E-state index in [2.05, 4.69) is 0 Å². The second-order valence-corrected chi connectivity index (χ2v) is 2.68. The Labute approximate surface area is 68.6 Å². The first-order valence-electron chi connectivity index (χ1n) is 2.74. The van der Waals surface area contributed by atoms with Gasteiger partial charge in [-0.05, 0) is 12.1 Å². The average Bonchev–Trinajstić information content (AvgIpc) is 1.88. The number of rotatable bonds is 1. The SMILES string of the molecule is FC(Cl)c1cccc(Cl)c1. The van der Waals surface area contributed by atoms with Crippen molar-refractivity contribution in [2.24, 2.45) is 0 Å². The predicted molar refractivity (Wildman–Crippen MR) is 41.2 cm³/mol. The van der Waals surface area contributed by atoms with Crippen LogP contribution in [0.25, 0.3) is 0 Å². The lowest BCUT2D eigenvalue weighted by Crippen LogP contribution is -1.79. The Hall–Kier alpha value is -0.270. The fourth-order valence-electron chi connectivity index (χ4n) is 0.642. The minimum Gasteiger partial charge on any atom is -0.225 e. The van der Waals surface area contributed by atoms with E-state index in [1.54, 1.807) is 18.2 Å². The van der Waals surface area contributed by atoms with E-state index in [-0.39, 0.29) is 0 Å². The molecule has 0 amide bonds. The first-order valence-corrected chi connectivity index (χ1v) is 3.55. The monoisotopic (exact) mass is 178 g/mol. The van der Waals surface area contributed by atoms with Crippen molar-refractivity contribution in [3.63, 3.8) is 0 Å². The van der Waals surface area contributed by atoms with E-state index in [9.17, 15) is 4.39 Å². The molecule has 0 aliphatic rings. The zero-order chi connectivity index (χ0) is 7.56. The van der Waals surface area contributed by atoms with Gasteiger partial charge in [-0.15, -0.1) is 0 Å². The molecule has 0 aliphatic carbocycles. The van der Waals surface area contributed by atoms with Gasteiger partial charge in [0.05, 0.1) is 0 Å². The van der Waals surface area contributed by atoms with Crippen LogP contribution in [0.1, 0.15) is 11.2 Å². The van der Waals surface area contributed by atoms with E-state index >= 15 is 0 Å². The van der Waals surface area contributed by atoms with Gasteiger partial charge in [0, 0.05) is 10.6 Å². The van der Waals surface area contributed by atoms with Crippen LogP contribution >= 0.6 is 23.2 Å². The van der Waals surface area contributed by atoms with E-state index in [4.69, 9.17) is 23.2 Å². The molecule has 54 valence electrons. The highest BCUT2D eigenvalue weighted by molar-refractivity contribution is 6.30. The Morgan fingerprint density at radius 2 is 2.10 bits per heavy atom. The number of hydrogen-bond acceptors (Lipinski definition) is 0. The molecule has 0 spiro atoms. The quantitative estimate of drug-likeness (QED) is 0.578. The fraction of sp³-hybridized carbons (Fsp3) is 0.143. The van der Waals surface area contributed by atoms with Gasteiger partial charge in [-0.2, -0.15) is 0 Å². The van der Waals surface area contributed by atoms with E-state index < -0.39 is 5.63 Å². The Balaban J connectivity index is 2.96. The third kappa shape index (κ3) is 1.86. The molecule has 10 heavy (non-hydrogen) atoms. The highest BCUT2D eigenvalue weighted by Gasteiger charge is 2.03. The molecule has 0 saturated carbocycles. The summed E-state index contributed by atoms with van der Waals surface area (Å²) in [6.07, 6.45) is 0. The van der Waals surface area contributed by atoms with E-state index in [1.807, 2.05) is 0 Å². The van der Waals surface area contributed by atoms with Crippen LogP contribution < -0.4 is 0 Å². The van der Waals surface area contributed by atoms with Gasteiger partial charge in [0.1, 0.15) is 0 Å². The minimum absolute atomic E-state index is 0.397. The van der Waals surface area contributed by atoms with Crippen LogP contribution in [0.4, 0.5) is 4.39 Å². The molecule has 0 radical (unpaired) electrons. The molecule has 1 rings (SSSR count). The largest absolute Gasteiger partial charge is 0.225 e. The van der Waals surface area contributed by atoms with Gasteiger partial charge < -0.3 is 0 Å². The lowest BCUT2D eigenvalue weighted by molar-refractivity contribution is 0.460. The van der Waals surface area contributed by atoms with Gasteiger partial charge in [0.25, 0.3) is 0 Å². The molecule has 0 bridgehead atoms. The molecule has 1 unspecified atom stereocenters. The molecule has 1 atom stereocenters. The lowest BCUT2D eigenvalue weighted by atomic mass is 10.2. The fourth-order valence-corrected chi connectivity index (χ4v) is 0.977. The third-order valence-corrected chi connectivity index (χ3v) is 1.59. The van der Waals surface area contributed by atoms with Gasteiger partial charge in [-0.3, -0.25) is 0 Å². The Morgan fingerprint density at radius 3 is 2.50 bits per heavy atom. The van der Waals surface area contributed by atoms with Crippen LogP contribution in [-0.2, 0) is 0 Å². The number of alkyl halides is 2. The number of halogens is 3. The highest BCUT2D eigenvalue weighted by Crippen LogP contribution is 2.23. The first kappa shape index (κ1) is 7.83. The molecule has 0 fully saturated rings. The van der Waals surface area contributed by atoms with Crippen molar-refractivity contribution in [2.75, 3.05) is 0 Å². The van der Waals surface area contributed by atoms with Crippen LogP contribution in [0.5, 0.6) is 0 Å². The van der Waals surface area contributed by atoms with Crippen molar-refractivity contribution in [2.45, 2.75) is 5.63 Å². The molecule has 0 saturated heterocycles. The summed E-state index contributed by atoms with van der Waals surface area (Å²) in [4.78, 5) is 0. The van der Waals surface area contributed by atoms with Crippen LogP contribution in [0.2, 0.25) is 5.02 Å². The van der Waals surface area contributed by atoms with Gasteiger partial charge in [0.2, 0.25) is 0 Å². The maximum atomic E-state index is 12.3. The van der Waals surface area contributed by atoms with E-state index in [0.717, 1.165) is 0 Å². The Bertz CT molecular complexity index is 223. The molecule has 0 heterocycles. The molecule has 3 heteroatoms. The summed E-state index contributed by atoms with van der Waals surface area (Å²) in [6, 6.07) is 6.42. The zero-order valence-corrected chi connectivity index (χ0v) is 6.53. The van der Waals surface area contributed by atoms with Crippen LogP contribution in [0.15, 0.2) is 24.3 Å². The molecule has 0 N–H and O–H groups in total. The predicted octanol–water partition coefficient (Wildman–Crippen LogP) is 3.55. The van der Waals surface area contributed by atoms with Crippen molar-refractivity contribution in [1.82, 2.24) is 0 Å². The van der Waals surface area contributed by atoms with Crippen molar-refractivity contribution < 1.29 is 4.39 Å². The standard InChI is InChI=1S/C7H5Cl2F/c8-6-3-1-2-5(4-6)7(9)10/h1-4,7H. The maximum absolute atomic E-state index is 12.3. The van der Waals surface area contributed by atoms with Gasteiger partial charge in [-0.25, -0.2) is 4.39 Å². The summed E-state index contributed by atoms with van der Waals surface area (Å²) in [5.74, 6) is 0. The topological polar surface area (TPSA) is 0 Å². The van der Waals surface area contributed by atoms with Crippen LogP contribution in [-0.4, -0.2) is 0 Å². The minimum atomic E-state index is -1.46. The molecule has 1 aromatic rings. The number of benzene rings is 1. The lowest BCUT2D eigenvalue weighted by Gasteiger charge is -1.98. The Morgan fingerprint density at radius 1 is 1.40 bits per heavy atom. The Kier molecular flexibility index (Phi) is 2.52. The molecule has 0 aromatic heterocycles. The van der Waals surface area contributed by atoms with Crippen LogP contribution in [0.3, 0.4) is 0 Å². The number of hydrogen-bond donors (Lipinski definition) is 0. The van der Waals surface area contributed by atoms with Gasteiger partial charge in [-0.1, -0.05) is 35.3 Å². The second-order valence-electron chi connectivity index (χ2n) is 1.86. The van der Waals surface area contributed by atoms with Gasteiger partial charge >= 0.3 is 0 Å². The van der Waals surface area contributed by atoms with Crippen molar-refractivity contribution in [1.29, 1.82) is 0 Å². The van der Waals surface area contributed by atoms with Crippen molar-refractivity contribution in [3.8, 4) is 0 Å². The van der Waals surface area contributed by atoms with Gasteiger partial charge in [0.15, 0.2) is 5.63 Å². The first-order chi connectivity index (χ1) is 4.70. The average molecular weight is 179 g/mol. The maximum Gasteiger partial charge on any atom is 0.198 e. The molecule has 0 aliphatic heterocycles. The summed E-state index contributed by atoms with van der Waals surface area (Å²) >= 11 is 10.7. The summed E-state index contributed by atoms with van der Waals surface area (Å²) < 4.78 is 12.3. The van der Waals surface area contributed by atoms with Crippen molar-refractivity contribution in [3.05, 3.63) is 34.9 Å².